The first-order valence-corrected chi connectivity index (χ1v) is 8.49. The lowest BCUT2D eigenvalue weighted by molar-refractivity contribution is -0.126. The highest BCUT2D eigenvalue weighted by Gasteiger charge is 2.06. The van der Waals surface area contributed by atoms with Crippen molar-refractivity contribution in [3.05, 3.63) is 71.8 Å². The molecule has 0 saturated heterocycles. The molecule has 0 aliphatic heterocycles. The van der Waals surface area contributed by atoms with Crippen LogP contribution in [-0.4, -0.2) is 49.2 Å². The second-order valence-electron chi connectivity index (χ2n) is 5.64. The molecule has 0 amide bonds. The number of ether oxygens (including phenoxy) is 3. The molecule has 0 radical (unpaired) electrons. The minimum absolute atomic E-state index is 0.306. The van der Waals surface area contributed by atoms with Crippen LogP contribution in [0.4, 0.5) is 0 Å². The van der Waals surface area contributed by atoms with E-state index in [9.17, 15) is 10.2 Å². The summed E-state index contributed by atoms with van der Waals surface area (Å²) in [6.45, 7) is 1.34. The van der Waals surface area contributed by atoms with E-state index in [4.69, 9.17) is 14.2 Å². The Bertz CT molecular complexity index is 509. The summed E-state index contributed by atoms with van der Waals surface area (Å²) >= 11 is 0. The Morgan fingerprint density at radius 3 is 1.40 bits per heavy atom. The quantitative estimate of drug-likeness (QED) is 0.455. The standard InChI is InChI=1S/C20H26O5/c21-19(15-17-7-3-1-4-8-17)24-13-11-23-12-14-25-20(22)16-18-9-5-2-6-10-18/h1-10,19-22H,11-16H2. The molecule has 0 bridgehead atoms. The van der Waals surface area contributed by atoms with Gasteiger partial charge in [0.05, 0.1) is 26.4 Å². The van der Waals surface area contributed by atoms with Gasteiger partial charge in [-0.2, -0.15) is 0 Å². The lowest BCUT2D eigenvalue weighted by Crippen LogP contribution is -2.20. The molecule has 5 nitrogen and oxygen atoms in total. The third-order valence-corrected chi connectivity index (χ3v) is 3.58. The molecule has 0 aliphatic rings. The largest absolute Gasteiger partial charge is 0.377 e. The number of hydrogen-bond acceptors (Lipinski definition) is 5. The minimum atomic E-state index is -0.838. The Labute approximate surface area is 148 Å². The van der Waals surface area contributed by atoms with Gasteiger partial charge in [-0.3, -0.25) is 0 Å². The molecule has 0 aliphatic carbocycles. The molecule has 2 aromatic rings. The first-order chi connectivity index (χ1) is 12.2. The van der Waals surface area contributed by atoms with E-state index in [0.717, 1.165) is 11.1 Å². The molecule has 136 valence electrons. The van der Waals surface area contributed by atoms with Gasteiger partial charge in [0, 0.05) is 12.8 Å². The average Bonchev–Trinajstić information content (AvgIpc) is 2.62. The van der Waals surface area contributed by atoms with E-state index in [1.807, 2.05) is 60.7 Å². The zero-order valence-electron chi connectivity index (χ0n) is 14.3. The second kappa shape index (κ2) is 11.7. The van der Waals surface area contributed by atoms with Gasteiger partial charge >= 0.3 is 0 Å². The van der Waals surface area contributed by atoms with Gasteiger partial charge in [0.25, 0.3) is 0 Å². The average molecular weight is 346 g/mol. The van der Waals surface area contributed by atoms with Gasteiger partial charge < -0.3 is 24.4 Å². The summed E-state index contributed by atoms with van der Waals surface area (Å²) in [7, 11) is 0. The number of aliphatic hydroxyl groups excluding tert-OH is 2. The fourth-order valence-corrected chi connectivity index (χ4v) is 2.34. The highest BCUT2D eigenvalue weighted by atomic mass is 16.6. The lowest BCUT2D eigenvalue weighted by Gasteiger charge is -2.13. The van der Waals surface area contributed by atoms with E-state index < -0.39 is 12.6 Å². The topological polar surface area (TPSA) is 68.2 Å². The monoisotopic (exact) mass is 346 g/mol. The highest BCUT2D eigenvalue weighted by Crippen LogP contribution is 2.05. The predicted molar refractivity (Wildman–Crippen MR) is 95.0 cm³/mol. The maximum absolute atomic E-state index is 9.78. The van der Waals surface area contributed by atoms with Crippen molar-refractivity contribution in [2.45, 2.75) is 25.4 Å². The molecule has 0 aromatic heterocycles. The number of benzene rings is 2. The fraction of sp³-hybridized carbons (Fsp3) is 0.400. The molecular formula is C20H26O5. The van der Waals surface area contributed by atoms with E-state index in [1.54, 1.807) is 0 Å². The third-order valence-electron chi connectivity index (χ3n) is 3.58. The summed E-state index contributed by atoms with van der Waals surface area (Å²) in [5.74, 6) is 0. The molecule has 2 atom stereocenters. The van der Waals surface area contributed by atoms with Crippen LogP contribution in [0.2, 0.25) is 0 Å². The van der Waals surface area contributed by atoms with Gasteiger partial charge in [-0.15, -0.1) is 0 Å². The molecule has 2 aromatic carbocycles. The Morgan fingerprint density at radius 2 is 1.00 bits per heavy atom. The summed E-state index contributed by atoms with van der Waals surface area (Å²) in [5.41, 5.74) is 2.05. The molecule has 0 saturated carbocycles. The van der Waals surface area contributed by atoms with Crippen molar-refractivity contribution in [3.63, 3.8) is 0 Å². The zero-order valence-corrected chi connectivity index (χ0v) is 14.3. The van der Waals surface area contributed by atoms with Gasteiger partial charge in [0.1, 0.15) is 0 Å². The number of aliphatic hydroxyl groups is 2. The van der Waals surface area contributed by atoms with Crippen LogP contribution in [0.3, 0.4) is 0 Å². The first kappa shape index (κ1) is 19.6. The van der Waals surface area contributed by atoms with E-state index in [2.05, 4.69) is 0 Å². The van der Waals surface area contributed by atoms with Crippen LogP contribution in [0.5, 0.6) is 0 Å². The summed E-state index contributed by atoms with van der Waals surface area (Å²) in [4.78, 5) is 0. The number of hydrogen-bond donors (Lipinski definition) is 2. The van der Waals surface area contributed by atoms with Gasteiger partial charge in [0.2, 0.25) is 0 Å². The van der Waals surface area contributed by atoms with E-state index in [-0.39, 0.29) is 0 Å². The second-order valence-corrected chi connectivity index (χ2v) is 5.64. The van der Waals surface area contributed by atoms with E-state index in [1.165, 1.54) is 0 Å². The van der Waals surface area contributed by atoms with Crippen LogP contribution < -0.4 is 0 Å². The predicted octanol–water partition coefficient (Wildman–Crippen LogP) is 2.16. The van der Waals surface area contributed by atoms with Crippen LogP contribution in [0.1, 0.15) is 11.1 Å². The summed E-state index contributed by atoms with van der Waals surface area (Å²) in [5, 5.41) is 19.6. The van der Waals surface area contributed by atoms with Crippen molar-refractivity contribution in [2.24, 2.45) is 0 Å². The van der Waals surface area contributed by atoms with E-state index >= 15 is 0 Å². The third kappa shape index (κ3) is 8.77. The fourth-order valence-electron chi connectivity index (χ4n) is 2.34. The first-order valence-electron chi connectivity index (χ1n) is 8.49. The SMILES string of the molecule is OC(Cc1ccccc1)OCCOCCOC(O)Cc1ccccc1. The van der Waals surface area contributed by atoms with Crippen LogP contribution in [0.15, 0.2) is 60.7 Å². The Kier molecular flexibility index (Phi) is 9.18. The normalized spacial score (nSPS) is 13.5. The molecule has 25 heavy (non-hydrogen) atoms. The van der Waals surface area contributed by atoms with Crippen LogP contribution in [0, 0.1) is 0 Å². The maximum Gasteiger partial charge on any atom is 0.158 e. The van der Waals surface area contributed by atoms with Crippen LogP contribution in [-0.2, 0) is 27.1 Å². The van der Waals surface area contributed by atoms with Crippen molar-refractivity contribution < 1.29 is 24.4 Å². The highest BCUT2D eigenvalue weighted by molar-refractivity contribution is 5.15. The minimum Gasteiger partial charge on any atom is -0.377 e. The number of rotatable bonds is 12. The molecule has 2 unspecified atom stereocenters. The summed E-state index contributed by atoms with van der Waals surface area (Å²) < 4.78 is 15.9. The molecule has 0 heterocycles. The van der Waals surface area contributed by atoms with Crippen molar-refractivity contribution >= 4 is 0 Å². The molecule has 5 heteroatoms. The Hall–Kier alpha value is -1.76. The van der Waals surface area contributed by atoms with Crippen molar-refractivity contribution in [1.29, 1.82) is 0 Å². The van der Waals surface area contributed by atoms with Gasteiger partial charge in [0.15, 0.2) is 12.6 Å². The van der Waals surface area contributed by atoms with Crippen molar-refractivity contribution in [2.75, 3.05) is 26.4 Å². The molecule has 2 N–H and O–H groups in total. The zero-order chi connectivity index (χ0) is 17.7. The summed E-state index contributed by atoms with van der Waals surface area (Å²) in [6, 6.07) is 19.4. The lowest BCUT2D eigenvalue weighted by atomic mass is 10.1. The molecular weight excluding hydrogens is 320 g/mol. The van der Waals surface area contributed by atoms with Crippen LogP contribution in [0.25, 0.3) is 0 Å². The Morgan fingerprint density at radius 1 is 0.600 bits per heavy atom. The summed E-state index contributed by atoms with van der Waals surface area (Å²) in [6.07, 6.45) is -0.768. The van der Waals surface area contributed by atoms with Gasteiger partial charge in [-0.1, -0.05) is 60.7 Å². The van der Waals surface area contributed by atoms with Crippen molar-refractivity contribution in [3.8, 4) is 0 Å². The van der Waals surface area contributed by atoms with Gasteiger partial charge in [-0.25, -0.2) is 0 Å². The molecule has 0 fully saturated rings. The van der Waals surface area contributed by atoms with Crippen LogP contribution >= 0.6 is 0 Å². The maximum atomic E-state index is 9.78. The Balaban J connectivity index is 1.45. The molecule has 0 spiro atoms. The van der Waals surface area contributed by atoms with Crippen molar-refractivity contribution in [1.82, 2.24) is 0 Å². The molecule has 2 rings (SSSR count). The van der Waals surface area contributed by atoms with E-state index in [0.29, 0.717) is 39.3 Å². The van der Waals surface area contributed by atoms with Gasteiger partial charge in [-0.05, 0) is 11.1 Å². The smallest absolute Gasteiger partial charge is 0.158 e.